The van der Waals surface area contributed by atoms with Crippen LogP contribution in [0.1, 0.15) is 26.2 Å². The van der Waals surface area contributed by atoms with Crippen LogP contribution >= 0.6 is 22.2 Å². The number of hydrogen-bond donors (Lipinski definition) is 0. The molecule has 0 aliphatic heterocycles. The van der Waals surface area contributed by atoms with Gasteiger partial charge in [0.2, 0.25) is 7.42 Å². The molecule has 0 spiro atoms. The second kappa shape index (κ2) is 3.96. The van der Waals surface area contributed by atoms with Gasteiger partial charge in [0.25, 0.3) is 0 Å². The maximum atomic E-state index is 5.95. The van der Waals surface area contributed by atoms with Crippen LogP contribution in [0.2, 0.25) is 6.04 Å². The van der Waals surface area contributed by atoms with Crippen molar-refractivity contribution < 1.29 is 0 Å². The van der Waals surface area contributed by atoms with Crippen LogP contribution in [0.25, 0.3) is 0 Å². The molecular weight excluding hydrogens is 219 g/mol. The van der Waals surface area contributed by atoms with Crippen LogP contribution in [0.3, 0.4) is 0 Å². The van der Waals surface area contributed by atoms with E-state index in [2.05, 4.69) is 13.0 Å². The Balaban J connectivity index is 1.95. The summed E-state index contributed by atoms with van der Waals surface area (Å²) in [7, 11) is -1.36. The molecule has 3 heteroatoms. The lowest BCUT2D eigenvalue weighted by atomic mass is 9.87. The van der Waals surface area contributed by atoms with Gasteiger partial charge in [-0.25, -0.2) is 0 Å². The van der Waals surface area contributed by atoms with Crippen LogP contribution in [-0.4, -0.2) is 7.42 Å². The molecular formula is C10H16Cl2Si. The highest BCUT2D eigenvalue weighted by Gasteiger charge is 2.42. The molecule has 0 saturated heterocycles. The Bertz CT molecular complexity index is 225. The van der Waals surface area contributed by atoms with Crippen molar-refractivity contribution in [3.8, 4) is 0 Å². The Morgan fingerprint density at radius 2 is 2.23 bits per heavy atom. The average Bonchev–Trinajstić information content (AvgIpc) is 2.60. The van der Waals surface area contributed by atoms with Gasteiger partial charge in [0.15, 0.2) is 0 Å². The maximum absolute atomic E-state index is 5.95. The Labute approximate surface area is 91.3 Å². The van der Waals surface area contributed by atoms with E-state index >= 15 is 0 Å². The highest BCUT2D eigenvalue weighted by Crippen LogP contribution is 2.53. The molecule has 0 radical (unpaired) electrons. The number of rotatable bonds is 2. The van der Waals surface area contributed by atoms with Crippen LogP contribution in [-0.2, 0) is 0 Å². The van der Waals surface area contributed by atoms with Gasteiger partial charge >= 0.3 is 0 Å². The minimum atomic E-state index is -1.36. The summed E-state index contributed by atoms with van der Waals surface area (Å²) >= 11 is 11.9. The zero-order chi connectivity index (χ0) is 9.42. The minimum absolute atomic E-state index is 0.861. The van der Waals surface area contributed by atoms with Crippen molar-refractivity contribution in [2.75, 3.05) is 0 Å². The molecule has 13 heavy (non-hydrogen) atoms. The molecule has 3 atom stereocenters. The first-order valence-electron chi connectivity index (χ1n) is 5.14. The van der Waals surface area contributed by atoms with Gasteiger partial charge in [-0.3, -0.25) is 0 Å². The summed E-state index contributed by atoms with van der Waals surface area (Å²) in [5.74, 6) is 2.67. The van der Waals surface area contributed by atoms with Gasteiger partial charge in [-0.1, -0.05) is 11.6 Å². The third-order valence-electron chi connectivity index (χ3n) is 3.72. The predicted molar refractivity (Wildman–Crippen MR) is 61.7 cm³/mol. The van der Waals surface area contributed by atoms with E-state index < -0.39 is 7.42 Å². The van der Waals surface area contributed by atoms with Crippen LogP contribution < -0.4 is 0 Å². The molecule has 3 unspecified atom stereocenters. The van der Waals surface area contributed by atoms with Crippen molar-refractivity contribution in [3.05, 3.63) is 11.6 Å². The van der Waals surface area contributed by atoms with Gasteiger partial charge in [0.1, 0.15) is 0 Å². The predicted octanol–water partition coefficient (Wildman–Crippen LogP) is 3.68. The van der Waals surface area contributed by atoms with E-state index in [0.29, 0.717) is 0 Å². The van der Waals surface area contributed by atoms with Crippen LogP contribution in [0.5, 0.6) is 0 Å². The quantitative estimate of drug-likeness (QED) is 0.389. The lowest BCUT2D eigenvalue weighted by molar-refractivity contribution is 0.404. The van der Waals surface area contributed by atoms with Crippen molar-refractivity contribution in [1.82, 2.24) is 0 Å². The molecule has 2 aliphatic rings. The van der Waals surface area contributed by atoms with Gasteiger partial charge in [-0.05, 0) is 50.0 Å². The van der Waals surface area contributed by atoms with Crippen molar-refractivity contribution in [3.63, 3.8) is 0 Å². The fourth-order valence-electron chi connectivity index (χ4n) is 3.11. The van der Waals surface area contributed by atoms with E-state index in [9.17, 15) is 0 Å². The van der Waals surface area contributed by atoms with Gasteiger partial charge in [-0.15, -0.1) is 0 Å². The molecule has 0 nitrogen and oxygen atoms in total. The zero-order valence-electron chi connectivity index (χ0n) is 7.97. The topological polar surface area (TPSA) is 0 Å². The van der Waals surface area contributed by atoms with Crippen LogP contribution in [0, 0.1) is 17.8 Å². The monoisotopic (exact) mass is 234 g/mol. The minimum Gasteiger partial charge on any atom is -0.150 e. The van der Waals surface area contributed by atoms with E-state index in [-0.39, 0.29) is 0 Å². The largest absolute Gasteiger partial charge is 0.237 e. The lowest BCUT2D eigenvalue weighted by Gasteiger charge is -2.23. The zero-order valence-corrected chi connectivity index (χ0v) is 10.6. The summed E-state index contributed by atoms with van der Waals surface area (Å²) < 4.78 is 0. The highest BCUT2D eigenvalue weighted by molar-refractivity contribution is 7.33. The van der Waals surface area contributed by atoms with E-state index in [1.54, 1.807) is 5.57 Å². The molecule has 0 amide bonds. The molecule has 0 heterocycles. The summed E-state index contributed by atoms with van der Waals surface area (Å²) in [6.45, 7) is 2.17. The molecule has 0 aromatic carbocycles. The van der Waals surface area contributed by atoms with E-state index in [1.165, 1.54) is 19.3 Å². The first kappa shape index (κ1) is 10.1. The molecule has 74 valence electrons. The molecule has 0 aromatic rings. The first-order chi connectivity index (χ1) is 6.20. The molecule has 0 aromatic heterocycles. The van der Waals surface area contributed by atoms with Crippen molar-refractivity contribution >= 4 is 29.6 Å². The first-order valence-corrected chi connectivity index (χ1v) is 9.44. The summed E-state index contributed by atoms with van der Waals surface area (Å²) in [5, 5.41) is 0. The van der Waals surface area contributed by atoms with Gasteiger partial charge < -0.3 is 0 Å². The Morgan fingerprint density at radius 1 is 1.46 bits per heavy atom. The standard InChI is InChI=1S/C10H16Cl2Si/c1-2-7-3-9-4-8(7)5-10(9)6-13(11)12/h2,8-10,13H,3-6H2,1H3. The second-order valence-corrected chi connectivity index (χ2v) is 9.47. The van der Waals surface area contributed by atoms with Crippen molar-refractivity contribution in [2.24, 2.45) is 17.8 Å². The van der Waals surface area contributed by atoms with E-state index in [4.69, 9.17) is 22.2 Å². The summed E-state index contributed by atoms with van der Waals surface area (Å²) in [4.78, 5) is 0. The normalized spacial score (nSPS) is 40.9. The fraction of sp³-hybridized carbons (Fsp3) is 0.800. The Hall–Kier alpha value is 0.537. The number of halogens is 2. The highest BCUT2D eigenvalue weighted by atomic mass is 35.7. The average molecular weight is 235 g/mol. The molecule has 2 bridgehead atoms. The fourth-order valence-corrected chi connectivity index (χ4v) is 5.51. The van der Waals surface area contributed by atoms with Crippen LogP contribution in [0.15, 0.2) is 11.6 Å². The number of hydrogen-bond acceptors (Lipinski definition) is 0. The molecule has 2 fully saturated rings. The number of allylic oxidation sites excluding steroid dienone is 2. The van der Waals surface area contributed by atoms with Gasteiger partial charge in [0.05, 0.1) is 0 Å². The second-order valence-electron chi connectivity index (χ2n) is 4.38. The van der Waals surface area contributed by atoms with Crippen molar-refractivity contribution in [1.29, 1.82) is 0 Å². The SMILES string of the molecule is CC=C1CC2CC1CC2C[SiH](Cl)Cl. The summed E-state index contributed by atoms with van der Waals surface area (Å²) in [6, 6.07) is 1.14. The lowest BCUT2D eigenvalue weighted by Crippen LogP contribution is -2.15. The van der Waals surface area contributed by atoms with Crippen LogP contribution in [0.4, 0.5) is 0 Å². The smallest absolute Gasteiger partial charge is 0.150 e. The summed E-state index contributed by atoms with van der Waals surface area (Å²) in [5.41, 5.74) is 1.70. The Morgan fingerprint density at radius 3 is 2.69 bits per heavy atom. The van der Waals surface area contributed by atoms with E-state index in [0.717, 1.165) is 23.8 Å². The number of fused-ring (bicyclic) bond motifs is 2. The Kier molecular flexibility index (Phi) is 3.06. The third kappa shape index (κ3) is 1.98. The van der Waals surface area contributed by atoms with Gasteiger partial charge in [-0.2, -0.15) is 22.2 Å². The molecule has 0 N–H and O–H groups in total. The van der Waals surface area contributed by atoms with Crippen molar-refractivity contribution in [2.45, 2.75) is 32.2 Å². The summed E-state index contributed by atoms with van der Waals surface area (Å²) in [6.07, 6.45) is 6.43. The van der Waals surface area contributed by atoms with Gasteiger partial charge in [0, 0.05) is 0 Å². The maximum Gasteiger partial charge on any atom is 0.237 e. The molecule has 2 saturated carbocycles. The van der Waals surface area contributed by atoms with E-state index in [1.807, 2.05) is 0 Å². The molecule has 2 rings (SSSR count). The molecule has 2 aliphatic carbocycles. The third-order valence-corrected chi connectivity index (χ3v) is 5.75.